The summed E-state index contributed by atoms with van der Waals surface area (Å²) >= 11 is 0. The third-order valence-corrected chi connectivity index (χ3v) is 8.80. The Labute approximate surface area is 265 Å². The van der Waals surface area contributed by atoms with Crippen LogP contribution in [0, 0.1) is 11.3 Å². The van der Waals surface area contributed by atoms with Crippen LogP contribution in [0.4, 0.5) is 0 Å². The molecule has 0 unspecified atom stereocenters. The number of hydrogen-bond acceptors (Lipinski definition) is 3. The lowest BCUT2D eigenvalue weighted by Gasteiger charge is -2.14. The van der Waals surface area contributed by atoms with Gasteiger partial charge in [0.2, 0.25) is 0 Å². The Morgan fingerprint density at radius 3 is 1.91 bits per heavy atom. The van der Waals surface area contributed by atoms with Crippen LogP contribution in [-0.2, 0) is 0 Å². The molecule has 0 aliphatic heterocycles. The highest BCUT2D eigenvalue weighted by Crippen LogP contribution is 2.38. The molecular formula is C42H25N3O. The second kappa shape index (κ2) is 10.3. The van der Waals surface area contributed by atoms with Gasteiger partial charge in [-0.3, -0.25) is 0 Å². The predicted octanol–water partition coefficient (Wildman–Crippen LogP) is 11.0. The van der Waals surface area contributed by atoms with E-state index in [0.717, 1.165) is 72.3 Å². The minimum absolute atomic E-state index is 0.613. The molecule has 0 radical (unpaired) electrons. The van der Waals surface area contributed by atoms with E-state index in [9.17, 15) is 5.26 Å². The molecule has 3 heterocycles. The zero-order valence-corrected chi connectivity index (χ0v) is 24.7. The summed E-state index contributed by atoms with van der Waals surface area (Å²) in [6.45, 7) is 0. The van der Waals surface area contributed by atoms with Crippen molar-refractivity contribution in [3.63, 3.8) is 0 Å². The highest BCUT2D eigenvalue weighted by atomic mass is 16.3. The molecule has 4 heteroatoms. The number of pyridine rings is 1. The first kappa shape index (κ1) is 26.0. The second-order valence-electron chi connectivity index (χ2n) is 11.5. The summed E-state index contributed by atoms with van der Waals surface area (Å²) < 4.78 is 8.50. The van der Waals surface area contributed by atoms with Gasteiger partial charge in [0.15, 0.2) is 0 Å². The molecule has 6 aromatic carbocycles. The van der Waals surface area contributed by atoms with E-state index in [1.807, 2.05) is 48.5 Å². The van der Waals surface area contributed by atoms with Gasteiger partial charge in [-0.25, -0.2) is 4.98 Å². The normalized spacial score (nSPS) is 11.5. The maximum Gasteiger partial charge on any atom is 0.135 e. The van der Waals surface area contributed by atoms with Crippen LogP contribution < -0.4 is 0 Å². The Bertz CT molecular complexity index is 2620. The number of para-hydroxylation sites is 3. The zero-order chi connectivity index (χ0) is 30.6. The third kappa shape index (κ3) is 4.18. The average Bonchev–Trinajstić information content (AvgIpc) is 3.67. The molecule has 0 bridgehead atoms. The first-order valence-electron chi connectivity index (χ1n) is 15.3. The summed E-state index contributed by atoms with van der Waals surface area (Å²) in [7, 11) is 0. The van der Waals surface area contributed by atoms with Crippen molar-refractivity contribution in [1.29, 1.82) is 5.26 Å². The first-order chi connectivity index (χ1) is 22.7. The number of hydrogen-bond donors (Lipinski definition) is 0. The molecule has 0 amide bonds. The molecule has 0 saturated heterocycles. The maximum atomic E-state index is 9.48. The van der Waals surface area contributed by atoms with Crippen LogP contribution in [0.2, 0.25) is 0 Å². The van der Waals surface area contributed by atoms with Crippen LogP contribution in [0.3, 0.4) is 0 Å². The lowest BCUT2D eigenvalue weighted by Crippen LogP contribution is -1.97. The Hall–Kier alpha value is -6.44. The van der Waals surface area contributed by atoms with E-state index in [4.69, 9.17) is 9.40 Å². The molecule has 0 fully saturated rings. The number of rotatable bonds is 4. The first-order valence-corrected chi connectivity index (χ1v) is 15.3. The number of benzene rings is 6. The van der Waals surface area contributed by atoms with E-state index >= 15 is 0 Å². The van der Waals surface area contributed by atoms with Gasteiger partial charge in [0.1, 0.15) is 11.2 Å². The van der Waals surface area contributed by atoms with Gasteiger partial charge in [-0.1, -0.05) is 78.9 Å². The van der Waals surface area contributed by atoms with Gasteiger partial charge in [0.25, 0.3) is 0 Å². The molecule has 9 aromatic rings. The van der Waals surface area contributed by atoms with Crippen molar-refractivity contribution in [2.45, 2.75) is 0 Å². The molecule has 0 saturated carbocycles. The molecule has 9 rings (SSSR count). The molecule has 46 heavy (non-hydrogen) atoms. The van der Waals surface area contributed by atoms with Crippen LogP contribution in [0.15, 0.2) is 156 Å². The Kier molecular flexibility index (Phi) is 5.84. The summed E-state index contributed by atoms with van der Waals surface area (Å²) in [6, 6.07) is 54.4. The van der Waals surface area contributed by atoms with Crippen molar-refractivity contribution in [2.75, 3.05) is 0 Å². The molecule has 0 N–H and O–H groups in total. The minimum atomic E-state index is 0.613. The average molecular weight is 588 g/mol. The summed E-state index contributed by atoms with van der Waals surface area (Å²) in [4.78, 5) is 5.12. The molecule has 0 aliphatic carbocycles. The third-order valence-electron chi connectivity index (χ3n) is 8.80. The smallest absolute Gasteiger partial charge is 0.135 e. The second-order valence-corrected chi connectivity index (χ2v) is 11.5. The molecule has 0 aliphatic rings. The van der Waals surface area contributed by atoms with E-state index < -0.39 is 0 Å². The summed E-state index contributed by atoms with van der Waals surface area (Å²) in [6.07, 6.45) is 0. The van der Waals surface area contributed by atoms with Gasteiger partial charge in [-0.2, -0.15) is 5.26 Å². The number of nitriles is 1. The van der Waals surface area contributed by atoms with Crippen LogP contribution in [0.25, 0.3) is 83.1 Å². The fraction of sp³-hybridized carbons (Fsp3) is 0. The molecule has 4 nitrogen and oxygen atoms in total. The number of aromatic nitrogens is 2. The maximum absolute atomic E-state index is 9.48. The fourth-order valence-electron chi connectivity index (χ4n) is 6.67. The molecule has 214 valence electrons. The van der Waals surface area contributed by atoms with Crippen LogP contribution >= 0.6 is 0 Å². The molecule has 0 spiro atoms. The lowest BCUT2D eigenvalue weighted by molar-refractivity contribution is 0.669. The van der Waals surface area contributed by atoms with Crippen molar-refractivity contribution in [3.8, 4) is 45.4 Å². The SMILES string of the molecule is N#Cc1cccc(-c2cccc(-c3cc(-c4ccc5oc6ccccc6c5c4)cc(-n4c5ccccc5c5ccccc54)c3)n2)c1. The van der Waals surface area contributed by atoms with Gasteiger partial charge >= 0.3 is 0 Å². The molecular weight excluding hydrogens is 562 g/mol. The van der Waals surface area contributed by atoms with Crippen molar-refractivity contribution in [3.05, 3.63) is 157 Å². The Morgan fingerprint density at radius 2 is 1.13 bits per heavy atom. The Morgan fingerprint density at radius 1 is 0.478 bits per heavy atom. The van der Waals surface area contributed by atoms with E-state index in [2.05, 4.69) is 114 Å². The van der Waals surface area contributed by atoms with Crippen LogP contribution in [0.5, 0.6) is 0 Å². The quantitative estimate of drug-likeness (QED) is 0.206. The van der Waals surface area contributed by atoms with Crippen molar-refractivity contribution in [1.82, 2.24) is 9.55 Å². The van der Waals surface area contributed by atoms with E-state index in [0.29, 0.717) is 5.56 Å². The summed E-state index contributed by atoms with van der Waals surface area (Å²) in [5.41, 5.74) is 11.5. The van der Waals surface area contributed by atoms with Gasteiger partial charge in [0.05, 0.1) is 34.1 Å². The monoisotopic (exact) mass is 587 g/mol. The predicted molar refractivity (Wildman–Crippen MR) is 187 cm³/mol. The van der Waals surface area contributed by atoms with Crippen LogP contribution in [-0.4, -0.2) is 9.55 Å². The topological polar surface area (TPSA) is 54.8 Å². The number of nitrogens with zero attached hydrogens (tertiary/aromatic N) is 3. The van der Waals surface area contributed by atoms with Crippen molar-refractivity contribution < 1.29 is 4.42 Å². The molecule has 3 aromatic heterocycles. The van der Waals surface area contributed by atoms with Gasteiger partial charge in [-0.15, -0.1) is 0 Å². The van der Waals surface area contributed by atoms with Gasteiger partial charge < -0.3 is 8.98 Å². The van der Waals surface area contributed by atoms with Crippen molar-refractivity contribution in [2.24, 2.45) is 0 Å². The minimum Gasteiger partial charge on any atom is -0.456 e. The van der Waals surface area contributed by atoms with Crippen molar-refractivity contribution >= 4 is 43.7 Å². The standard InChI is InChI=1S/C42H25N3O/c43-26-27-9-7-10-29(21-27)37-14-8-15-38(44-37)31-22-30(28-19-20-42-36(25-28)35-13-3-6-18-41(35)46-42)23-32(24-31)45-39-16-4-1-11-33(39)34-12-2-5-17-40(34)45/h1-25H. The highest BCUT2D eigenvalue weighted by molar-refractivity contribution is 6.09. The number of fused-ring (bicyclic) bond motifs is 6. The highest BCUT2D eigenvalue weighted by Gasteiger charge is 2.16. The largest absolute Gasteiger partial charge is 0.456 e. The van der Waals surface area contributed by atoms with Gasteiger partial charge in [0, 0.05) is 38.4 Å². The Balaban J connectivity index is 1.30. The summed E-state index contributed by atoms with van der Waals surface area (Å²) in [5, 5.41) is 14.1. The van der Waals surface area contributed by atoms with E-state index in [1.165, 1.54) is 10.8 Å². The van der Waals surface area contributed by atoms with Gasteiger partial charge in [-0.05, 0) is 83.9 Å². The zero-order valence-electron chi connectivity index (χ0n) is 24.7. The number of furan rings is 1. The van der Waals surface area contributed by atoms with E-state index in [1.54, 1.807) is 0 Å². The fourth-order valence-corrected chi connectivity index (χ4v) is 6.67. The molecule has 0 atom stereocenters. The van der Waals surface area contributed by atoms with E-state index in [-0.39, 0.29) is 0 Å². The lowest BCUT2D eigenvalue weighted by atomic mass is 9.98. The van der Waals surface area contributed by atoms with Crippen LogP contribution in [0.1, 0.15) is 5.56 Å². The summed E-state index contributed by atoms with van der Waals surface area (Å²) in [5.74, 6) is 0.